The van der Waals surface area contributed by atoms with E-state index in [9.17, 15) is 19.5 Å². The van der Waals surface area contributed by atoms with Gasteiger partial charge in [0, 0.05) is 6.42 Å². The average Bonchev–Trinajstić information content (AvgIpc) is 3.37. The first-order valence-electron chi connectivity index (χ1n) is 13.3. The Labute approximate surface area is 229 Å². The fraction of sp³-hybridized carbons (Fsp3) is 0.387. The summed E-state index contributed by atoms with van der Waals surface area (Å²) in [6.45, 7) is 4.03. The van der Waals surface area contributed by atoms with Gasteiger partial charge in [0.05, 0.1) is 5.25 Å². The van der Waals surface area contributed by atoms with Gasteiger partial charge in [0.2, 0.25) is 11.8 Å². The summed E-state index contributed by atoms with van der Waals surface area (Å²) in [5, 5.41) is 17.4. The predicted molar refractivity (Wildman–Crippen MR) is 154 cm³/mol. The molecule has 0 unspecified atom stereocenters. The van der Waals surface area contributed by atoms with E-state index in [0.717, 1.165) is 40.3 Å². The van der Waals surface area contributed by atoms with Gasteiger partial charge in [-0.2, -0.15) is 12.6 Å². The van der Waals surface area contributed by atoms with E-state index in [2.05, 4.69) is 47.5 Å². The van der Waals surface area contributed by atoms with Crippen molar-refractivity contribution in [2.45, 2.75) is 69.2 Å². The Bertz CT molecular complexity index is 1290. The van der Waals surface area contributed by atoms with Crippen LogP contribution in [0.25, 0.3) is 21.9 Å². The van der Waals surface area contributed by atoms with E-state index in [1.54, 1.807) is 0 Å². The summed E-state index contributed by atoms with van der Waals surface area (Å²) >= 11 is 4.43. The van der Waals surface area contributed by atoms with E-state index < -0.39 is 28.7 Å². The zero-order chi connectivity index (χ0) is 27.3. The molecule has 0 radical (unpaired) electrons. The van der Waals surface area contributed by atoms with Crippen molar-refractivity contribution in [3.8, 4) is 11.1 Å². The third-order valence-electron chi connectivity index (χ3n) is 7.35. The van der Waals surface area contributed by atoms with Crippen LogP contribution in [0.2, 0.25) is 0 Å². The van der Waals surface area contributed by atoms with E-state index in [-0.39, 0.29) is 12.3 Å². The molecule has 0 bridgehead atoms. The van der Waals surface area contributed by atoms with Crippen LogP contribution in [0.1, 0.15) is 51.5 Å². The van der Waals surface area contributed by atoms with Gasteiger partial charge >= 0.3 is 5.97 Å². The highest BCUT2D eigenvalue weighted by atomic mass is 32.1. The molecule has 6 nitrogen and oxygen atoms in total. The first-order valence-corrected chi connectivity index (χ1v) is 13.8. The lowest BCUT2D eigenvalue weighted by Crippen LogP contribution is -2.61. The number of benzene rings is 3. The summed E-state index contributed by atoms with van der Waals surface area (Å²) in [6, 6.07) is 21.0. The topological polar surface area (TPSA) is 95.5 Å². The van der Waals surface area contributed by atoms with Gasteiger partial charge in [-0.1, -0.05) is 93.4 Å². The van der Waals surface area contributed by atoms with Crippen molar-refractivity contribution in [2.75, 3.05) is 0 Å². The highest BCUT2D eigenvalue weighted by Crippen LogP contribution is 2.31. The summed E-state index contributed by atoms with van der Waals surface area (Å²) in [5.41, 5.74) is 1.85. The maximum absolute atomic E-state index is 13.4. The summed E-state index contributed by atoms with van der Waals surface area (Å²) in [4.78, 5) is 38.3. The van der Waals surface area contributed by atoms with Gasteiger partial charge < -0.3 is 15.7 Å². The Balaban J connectivity index is 1.47. The van der Waals surface area contributed by atoms with Crippen molar-refractivity contribution >= 4 is 41.2 Å². The lowest BCUT2D eigenvalue weighted by Gasteiger charge is -2.31. The number of rotatable bonds is 10. The number of amides is 2. The molecular formula is C31H36N2O4S. The van der Waals surface area contributed by atoms with E-state index >= 15 is 0 Å². The smallest absolute Gasteiger partial charge is 0.326 e. The van der Waals surface area contributed by atoms with E-state index in [1.807, 2.05) is 56.3 Å². The van der Waals surface area contributed by atoms with Gasteiger partial charge in [0.1, 0.15) is 11.6 Å². The van der Waals surface area contributed by atoms with Crippen LogP contribution in [0.5, 0.6) is 0 Å². The van der Waals surface area contributed by atoms with Crippen molar-refractivity contribution in [1.82, 2.24) is 10.6 Å². The average molecular weight is 533 g/mol. The van der Waals surface area contributed by atoms with Crippen LogP contribution in [0.15, 0.2) is 66.7 Å². The molecule has 1 aliphatic carbocycles. The van der Waals surface area contributed by atoms with Gasteiger partial charge in [-0.25, -0.2) is 4.79 Å². The van der Waals surface area contributed by atoms with Gasteiger partial charge in [-0.15, -0.1) is 0 Å². The molecule has 3 aromatic carbocycles. The monoisotopic (exact) mass is 532 g/mol. The number of thiol groups is 1. The van der Waals surface area contributed by atoms with Crippen molar-refractivity contribution in [3.63, 3.8) is 0 Å². The van der Waals surface area contributed by atoms with Crippen molar-refractivity contribution in [1.29, 1.82) is 0 Å². The molecule has 3 N–H and O–H groups in total. The Morgan fingerprint density at radius 2 is 1.61 bits per heavy atom. The zero-order valence-electron chi connectivity index (χ0n) is 21.9. The van der Waals surface area contributed by atoms with Crippen molar-refractivity contribution in [3.05, 3.63) is 72.3 Å². The third-order valence-corrected chi connectivity index (χ3v) is 7.79. The van der Waals surface area contributed by atoms with Crippen molar-refractivity contribution in [2.24, 2.45) is 5.92 Å². The number of fused-ring (bicyclic) bond motifs is 1. The third kappa shape index (κ3) is 6.38. The summed E-state index contributed by atoms with van der Waals surface area (Å²) in [5.74, 6) is -1.54. The molecule has 2 atom stereocenters. The number of carbonyl (C=O) groups excluding carboxylic acids is 2. The Kier molecular flexibility index (Phi) is 8.77. The molecule has 0 aliphatic heterocycles. The summed E-state index contributed by atoms with van der Waals surface area (Å²) in [6.07, 6.45) is 3.30. The maximum atomic E-state index is 13.4. The van der Waals surface area contributed by atoms with Crippen LogP contribution < -0.4 is 10.6 Å². The SMILES string of the molecule is CC(C)C[C@H](S)C(=O)NC1(C(=O)N[C@@H](Cc2ccc(-c3cccc4ccccc34)cc2)C(=O)O)CCCC1. The Morgan fingerprint density at radius 1 is 0.947 bits per heavy atom. The van der Waals surface area contributed by atoms with Gasteiger partial charge in [0.15, 0.2) is 0 Å². The van der Waals surface area contributed by atoms with Gasteiger partial charge in [-0.3, -0.25) is 9.59 Å². The molecule has 0 spiro atoms. The zero-order valence-corrected chi connectivity index (χ0v) is 22.8. The second kappa shape index (κ2) is 12.0. The van der Waals surface area contributed by atoms with E-state index in [1.165, 1.54) is 0 Å². The lowest BCUT2D eigenvalue weighted by molar-refractivity contribution is -0.143. The standard InChI is InChI=1S/C31H36N2O4S/c1-20(2)18-27(38)28(34)33-31(16-5-6-17-31)30(37)32-26(29(35)36)19-21-12-14-23(15-13-21)25-11-7-9-22-8-3-4-10-24(22)25/h3-4,7-15,20,26-27,38H,5-6,16-19H2,1-2H3,(H,32,37)(H,33,34)(H,35,36)/t26-,27-/m0/s1. The molecule has 200 valence electrons. The van der Waals surface area contributed by atoms with Gasteiger partial charge in [-0.05, 0) is 52.6 Å². The van der Waals surface area contributed by atoms with E-state index in [4.69, 9.17) is 0 Å². The van der Waals surface area contributed by atoms with Crippen molar-refractivity contribution < 1.29 is 19.5 Å². The second-order valence-corrected chi connectivity index (χ2v) is 11.3. The fourth-order valence-electron chi connectivity index (χ4n) is 5.29. The minimum Gasteiger partial charge on any atom is -0.480 e. The number of hydrogen-bond donors (Lipinski definition) is 4. The molecule has 4 rings (SSSR count). The highest BCUT2D eigenvalue weighted by molar-refractivity contribution is 7.81. The number of carboxylic acid groups (broad SMARTS) is 1. The van der Waals surface area contributed by atoms with Crippen LogP contribution in [0.4, 0.5) is 0 Å². The molecule has 38 heavy (non-hydrogen) atoms. The normalized spacial score (nSPS) is 16.2. The Morgan fingerprint density at radius 3 is 2.26 bits per heavy atom. The van der Waals surface area contributed by atoms with Crippen LogP contribution >= 0.6 is 12.6 Å². The van der Waals surface area contributed by atoms with E-state index in [0.29, 0.717) is 25.2 Å². The quantitative estimate of drug-likeness (QED) is 0.263. The Hall–Kier alpha value is -3.32. The predicted octanol–water partition coefficient (Wildman–Crippen LogP) is 5.39. The summed E-state index contributed by atoms with van der Waals surface area (Å²) < 4.78 is 0. The highest BCUT2D eigenvalue weighted by Gasteiger charge is 2.44. The molecule has 0 saturated heterocycles. The number of hydrogen-bond acceptors (Lipinski definition) is 4. The summed E-state index contributed by atoms with van der Waals surface area (Å²) in [7, 11) is 0. The molecule has 2 amide bonds. The number of carbonyl (C=O) groups is 3. The second-order valence-electron chi connectivity index (χ2n) is 10.7. The molecule has 7 heteroatoms. The molecule has 1 aliphatic rings. The molecule has 0 aromatic heterocycles. The van der Waals surface area contributed by atoms with Gasteiger partial charge in [0.25, 0.3) is 0 Å². The first kappa shape index (κ1) is 27.7. The molecule has 1 saturated carbocycles. The van der Waals surface area contributed by atoms with Crippen LogP contribution in [-0.4, -0.2) is 39.7 Å². The first-order chi connectivity index (χ1) is 18.2. The van der Waals surface area contributed by atoms with Crippen LogP contribution in [0, 0.1) is 5.92 Å². The van der Waals surface area contributed by atoms with Crippen LogP contribution in [-0.2, 0) is 20.8 Å². The maximum Gasteiger partial charge on any atom is 0.326 e. The largest absolute Gasteiger partial charge is 0.480 e. The number of carboxylic acids is 1. The molecule has 3 aromatic rings. The number of nitrogens with one attached hydrogen (secondary N) is 2. The molecular weight excluding hydrogens is 496 g/mol. The minimum atomic E-state index is -1.11. The number of aliphatic carboxylic acids is 1. The minimum absolute atomic E-state index is 0.142. The molecule has 1 fully saturated rings. The molecule has 0 heterocycles. The lowest BCUT2D eigenvalue weighted by atomic mass is 9.93. The fourth-order valence-corrected chi connectivity index (χ4v) is 5.78. The van der Waals surface area contributed by atoms with Crippen LogP contribution in [0.3, 0.4) is 0 Å².